The standard InChI is InChI=1S/C11H19N3O3/c1-9(14-5-2-8-17-11(14)16)10(15)13-6-3-12-4-7-13/h9,12H,2-8H2,1H3. The first-order valence-corrected chi connectivity index (χ1v) is 6.13. The summed E-state index contributed by atoms with van der Waals surface area (Å²) in [5, 5.41) is 3.20. The molecule has 6 heteroatoms. The van der Waals surface area contributed by atoms with Gasteiger partial charge in [0.1, 0.15) is 6.04 Å². The van der Waals surface area contributed by atoms with Crippen LogP contribution in [-0.2, 0) is 9.53 Å². The summed E-state index contributed by atoms with van der Waals surface area (Å²) in [7, 11) is 0. The molecule has 0 spiro atoms. The third-order valence-electron chi connectivity index (χ3n) is 3.26. The lowest BCUT2D eigenvalue weighted by Crippen LogP contribution is -2.55. The van der Waals surface area contributed by atoms with Crippen molar-refractivity contribution in [1.29, 1.82) is 0 Å². The average molecular weight is 241 g/mol. The molecule has 1 N–H and O–H groups in total. The van der Waals surface area contributed by atoms with E-state index in [-0.39, 0.29) is 12.0 Å². The Morgan fingerprint density at radius 2 is 2.06 bits per heavy atom. The number of piperazine rings is 1. The fraction of sp³-hybridized carbons (Fsp3) is 0.818. The summed E-state index contributed by atoms with van der Waals surface area (Å²) < 4.78 is 4.95. The molecule has 0 bridgehead atoms. The lowest BCUT2D eigenvalue weighted by atomic mass is 10.2. The maximum Gasteiger partial charge on any atom is 0.410 e. The van der Waals surface area contributed by atoms with E-state index in [9.17, 15) is 9.59 Å². The van der Waals surface area contributed by atoms with E-state index in [1.165, 1.54) is 4.90 Å². The summed E-state index contributed by atoms with van der Waals surface area (Å²) >= 11 is 0. The van der Waals surface area contributed by atoms with Crippen molar-refractivity contribution in [1.82, 2.24) is 15.1 Å². The molecule has 2 heterocycles. The molecule has 1 unspecified atom stereocenters. The number of hydrogen-bond donors (Lipinski definition) is 1. The highest BCUT2D eigenvalue weighted by atomic mass is 16.6. The monoisotopic (exact) mass is 241 g/mol. The van der Waals surface area contributed by atoms with Crippen LogP contribution in [0.1, 0.15) is 13.3 Å². The highest BCUT2D eigenvalue weighted by molar-refractivity contribution is 5.85. The highest BCUT2D eigenvalue weighted by Crippen LogP contribution is 2.12. The smallest absolute Gasteiger partial charge is 0.410 e. The Hall–Kier alpha value is -1.30. The van der Waals surface area contributed by atoms with Crippen molar-refractivity contribution < 1.29 is 14.3 Å². The van der Waals surface area contributed by atoms with Crippen molar-refractivity contribution in [3.05, 3.63) is 0 Å². The quantitative estimate of drug-likeness (QED) is 0.718. The second-order valence-electron chi connectivity index (χ2n) is 4.41. The van der Waals surface area contributed by atoms with Gasteiger partial charge < -0.3 is 15.0 Å². The van der Waals surface area contributed by atoms with E-state index in [1.54, 1.807) is 6.92 Å². The molecule has 96 valence electrons. The van der Waals surface area contributed by atoms with Crippen LogP contribution in [0, 0.1) is 0 Å². The third kappa shape index (κ3) is 2.69. The summed E-state index contributed by atoms with van der Waals surface area (Å²) in [6, 6.07) is -0.416. The zero-order chi connectivity index (χ0) is 12.3. The van der Waals surface area contributed by atoms with E-state index in [2.05, 4.69) is 5.32 Å². The molecule has 2 fully saturated rings. The Balaban J connectivity index is 1.95. The van der Waals surface area contributed by atoms with Crippen LogP contribution < -0.4 is 5.32 Å². The number of ether oxygens (including phenoxy) is 1. The van der Waals surface area contributed by atoms with Gasteiger partial charge in [-0.15, -0.1) is 0 Å². The van der Waals surface area contributed by atoms with Crippen molar-refractivity contribution in [2.45, 2.75) is 19.4 Å². The van der Waals surface area contributed by atoms with Crippen LogP contribution in [0.2, 0.25) is 0 Å². The molecule has 0 aromatic carbocycles. The molecule has 2 aliphatic rings. The van der Waals surface area contributed by atoms with E-state index in [0.717, 1.165) is 19.5 Å². The van der Waals surface area contributed by atoms with Crippen molar-refractivity contribution >= 4 is 12.0 Å². The summed E-state index contributed by atoms with van der Waals surface area (Å²) in [6.45, 7) is 5.92. The van der Waals surface area contributed by atoms with Gasteiger partial charge in [-0.05, 0) is 13.3 Å². The summed E-state index contributed by atoms with van der Waals surface area (Å²) in [5.41, 5.74) is 0. The lowest BCUT2D eigenvalue weighted by Gasteiger charge is -2.35. The minimum absolute atomic E-state index is 0.0188. The highest BCUT2D eigenvalue weighted by Gasteiger charge is 2.32. The number of rotatable bonds is 2. The number of nitrogens with one attached hydrogen (secondary N) is 1. The van der Waals surface area contributed by atoms with Crippen LogP contribution in [0.4, 0.5) is 4.79 Å². The molecule has 2 rings (SSSR count). The first-order chi connectivity index (χ1) is 8.20. The fourth-order valence-corrected chi connectivity index (χ4v) is 2.20. The fourth-order valence-electron chi connectivity index (χ4n) is 2.20. The van der Waals surface area contributed by atoms with Gasteiger partial charge in [0.05, 0.1) is 6.61 Å². The zero-order valence-electron chi connectivity index (χ0n) is 10.1. The minimum Gasteiger partial charge on any atom is -0.449 e. The topological polar surface area (TPSA) is 61.9 Å². The molecule has 0 saturated carbocycles. The largest absolute Gasteiger partial charge is 0.449 e. The van der Waals surface area contributed by atoms with Crippen LogP contribution in [0.25, 0.3) is 0 Å². The van der Waals surface area contributed by atoms with E-state index in [0.29, 0.717) is 26.2 Å². The van der Waals surface area contributed by atoms with E-state index in [4.69, 9.17) is 4.74 Å². The third-order valence-corrected chi connectivity index (χ3v) is 3.26. The Kier molecular flexibility index (Phi) is 3.83. The molecular weight excluding hydrogens is 222 g/mol. The van der Waals surface area contributed by atoms with Gasteiger partial charge in [0, 0.05) is 32.7 Å². The molecule has 0 aromatic rings. The van der Waals surface area contributed by atoms with E-state index in [1.807, 2.05) is 4.90 Å². The van der Waals surface area contributed by atoms with Gasteiger partial charge in [0.15, 0.2) is 0 Å². The van der Waals surface area contributed by atoms with Crippen molar-refractivity contribution in [3.8, 4) is 0 Å². The summed E-state index contributed by atoms with van der Waals surface area (Å²) in [5.74, 6) is 0.0188. The predicted octanol–water partition coefficient (Wildman–Crippen LogP) is -0.351. The number of cyclic esters (lactones) is 1. The molecule has 2 aliphatic heterocycles. The molecule has 0 radical (unpaired) electrons. The second kappa shape index (κ2) is 5.35. The molecular formula is C11H19N3O3. The first-order valence-electron chi connectivity index (χ1n) is 6.13. The Morgan fingerprint density at radius 3 is 2.71 bits per heavy atom. The number of hydrogen-bond acceptors (Lipinski definition) is 4. The maximum absolute atomic E-state index is 12.2. The van der Waals surface area contributed by atoms with Crippen LogP contribution in [0.3, 0.4) is 0 Å². The van der Waals surface area contributed by atoms with E-state index >= 15 is 0 Å². The van der Waals surface area contributed by atoms with Gasteiger partial charge in [0.25, 0.3) is 0 Å². The van der Waals surface area contributed by atoms with Crippen LogP contribution in [-0.4, -0.2) is 67.2 Å². The Labute approximate surface area is 101 Å². The van der Waals surface area contributed by atoms with Crippen LogP contribution >= 0.6 is 0 Å². The number of carbonyl (C=O) groups is 2. The van der Waals surface area contributed by atoms with Crippen molar-refractivity contribution in [2.24, 2.45) is 0 Å². The van der Waals surface area contributed by atoms with Crippen LogP contribution in [0.5, 0.6) is 0 Å². The lowest BCUT2D eigenvalue weighted by molar-refractivity contribution is -0.137. The molecule has 0 aliphatic carbocycles. The van der Waals surface area contributed by atoms with Gasteiger partial charge in [-0.1, -0.05) is 0 Å². The normalized spacial score (nSPS) is 23.2. The average Bonchev–Trinajstić information content (AvgIpc) is 2.39. The van der Waals surface area contributed by atoms with Gasteiger partial charge >= 0.3 is 6.09 Å². The molecule has 2 amide bonds. The van der Waals surface area contributed by atoms with Gasteiger partial charge in [-0.3, -0.25) is 9.69 Å². The SMILES string of the molecule is CC(C(=O)N1CCNCC1)N1CCCOC1=O. The summed E-state index contributed by atoms with van der Waals surface area (Å²) in [4.78, 5) is 27.1. The second-order valence-corrected chi connectivity index (χ2v) is 4.41. The Morgan fingerprint density at radius 1 is 1.35 bits per heavy atom. The van der Waals surface area contributed by atoms with Gasteiger partial charge in [-0.2, -0.15) is 0 Å². The zero-order valence-corrected chi connectivity index (χ0v) is 10.1. The molecule has 1 atom stereocenters. The Bertz CT molecular complexity index is 302. The predicted molar refractivity (Wildman–Crippen MR) is 61.6 cm³/mol. The molecule has 2 saturated heterocycles. The van der Waals surface area contributed by atoms with E-state index < -0.39 is 6.04 Å². The van der Waals surface area contributed by atoms with Gasteiger partial charge in [-0.25, -0.2) is 4.79 Å². The maximum atomic E-state index is 12.2. The number of nitrogens with zero attached hydrogens (tertiary/aromatic N) is 2. The number of amides is 2. The minimum atomic E-state index is -0.416. The molecule has 6 nitrogen and oxygen atoms in total. The molecule has 0 aromatic heterocycles. The first kappa shape index (κ1) is 12.2. The van der Waals surface area contributed by atoms with Crippen molar-refractivity contribution in [3.63, 3.8) is 0 Å². The number of carbonyl (C=O) groups excluding carboxylic acids is 2. The molecule has 17 heavy (non-hydrogen) atoms. The summed E-state index contributed by atoms with van der Waals surface area (Å²) in [6.07, 6.45) is 0.428. The van der Waals surface area contributed by atoms with Crippen molar-refractivity contribution in [2.75, 3.05) is 39.3 Å². The van der Waals surface area contributed by atoms with Crippen LogP contribution in [0.15, 0.2) is 0 Å². The van der Waals surface area contributed by atoms with Gasteiger partial charge in [0.2, 0.25) is 5.91 Å².